The van der Waals surface area contributed by atoms with E-state index in [4.69, 9.17) is 0 Å². The number of hydrogen-bond donors (Lipinski definition) is 1. The Balaban J connectivity index is 2.12. The van der Waals surface area contributed by atoms with Crippen molar-refractivity contribution in [2.45, 2.75) is 33.4 Å². The summed E-state index contributed by atoms with van der Waals surface area (Å²) >= 11 is 0. The van der Waals surface area contributed by atoms with Crippen LogP contribution >= 0.6 is 0 Å². The molecule has 0 spiro atoms. The summed E-state index contributed by atoms with van der Waals surface area (Å²) in [6.07, 6.45) is 3.71. The van der Waals surface area contributed by atoms with Gasteiger partial charge in [-0.15, -0.1) is 0 Å². The summed E-state index contributed by atoms with van der Waals surface area (Å²) in [5, 5.41) is 18.4. The molecule has 2 aromatic rings. The fraction of sp³-hybridized carbons (Fsp3) is 0.357. The molecule has 0 aliphatic heterocycles. The molecule has 0 saturated carbocycles. The standard InChI is InChI=1S/C14H18N4O2/c1-10(2)17-9-12(8-16-17)7-15-13-5-4-11(3)6-14(13)18(19)20/h4-6,8-10,15H,7H2,1-3H3. The first-order valence-corrected chi connectivity index (χ1v) is 6.49. The number of rotatable bonds is 5. The molecule has 0 bridgehead atoms. The number of aromatic nitrogens is 2. The van der Waals surface area contributed by atoms with Gasteiger partial charge in [0, 0.05) is 30.4 Å². The van der Waals surface area contributed by atoms with Gasteiger partial charge in [-0.3, -0.25) is 14.8 Å². The molecule has 0 amide bonds. The van der Waals surface area contributed by atoms with Gasteiger partial charge < -0.3 is 5.32 Å². The Morgan fingerprint density at radius 3 is 2.80 bits per heavy atom. The van der Waals surface area contributed by atoms with Crippen LogP contribution in [-0.2, 0) is 6.54 Å². The highest BCUT2D eigenvalue weighted by Crippen LogP contribution is 2.25. The van der Waals surface area contributed by atoms with Crippen LogP contribution in [0.2, 0.25) is 0 Å². The highest BCUT2D eigenvalue weighted by atomic mass is 16.6. The van der Waals surface area contributed by atoms with Gasteiger partial charge in [-0.2, -0.15) is 5.10 Å². The van der Waals surface area contributed by atoms with E-state index in [0.717, 1.165) is 11.1 Å². The lowest BCUT2D eigenvalue weighted by Crippen LogP contribution is -2.03. The quantitative estimate of drug-likeness (QED) is 0.670. The zero-order chi connectivity index (χ0) is 14.7. The molecule has 2 rings (SSSR count). The number of benzene rings is 1. The molecular weight excluding hydrogens is 256 g/mol. The molecular formula is C14H18N4O2. The maximum Gasteiger partial charge on any atom is 0.292 e. The van der Waals surface area contributed by atoms with E-state index in [9.17, 15) is 10.1 Å². The molecule has 0 aliphatic rings. The van der Waals surface area contributed by atoms with E-state index in [0.29, 0.717) is 18.3 Å². The fourth-order valence-corrected chi connectivity index (χ4v) is 1.89. The van der Waals surface area contributed by atoms with E-state index in [1.165, 1.54) is 0 Å². The Labute approximate surface area is 117 Å². The molecule has 1 aromatic heterocycles. The van der Waals surface area contributed by atoms with Gasteiger partial charge >= 0.3 is 0 Å². The molecule has 0 atom stereocenters. The number of nitro benzene ring substituents is 1. The van der Waals surface area contributed by atoms with Crippen LogP contribution in [0.15, 0.2) is 30.6 Å². The van der Waals surface area contributed by atoms with Gasteiger partial charge in [0.25, 0.3) is 5.69 Å². The first-order valence-electron chi connectivity index (χ1n) is 6.49. The van der Waals surface area contributed by atoms with Crippen molar-refractivity contribution in [3.63, 3.8) is 0 Å². The summed E-state index contributed by atoms with van der Waals surface area (Å²) in [5.41, 5.74) is 2.49. The normalized spacial score (nSPS) is 10.8. The van der Waals surface area contributed by atoms with Crippen LogP contribution in [0.5, 0.6) is 0 Å². The third-order valence-electron chi connectivity index (χ3n) is 3.02. The molecule has 1 heterocycles. The minimum absolute atomic E-state index is 0.0984. The van der Waals surface area contributed by atoms with Crippen molar-refractivity contribution in [1.29, 1.82) is 0 Å². The zero-order valence-electron chi connectivity index (χ0n) is 11.8. The molecule has 1 N–H and O–H groups in total. The molecule has 106 valence electrons. The van der Waals surface area contributed by atoms with E-state index in [2.05, 4.69) is 24.3 Å². The number of nitrogens with one attached hydrogen (secondary N) is 1. The summed E-state index contributed by atoms with van der Waals surface area (Å²) in [5.74, 6) is 0. The largest absolute Gasteiger partial charge is 0.375 e. The van der Waals surface area contributed by atoms with Gasteiger partial charge in [0.1, 0.15) is 5.69 Å². The fourth-order valence-electron chi connectivity index (χ4n) is 1.89. The minimum Gasteiger partial charge on any atom is -0.375 e. The average Bonchev–Trinajstić information content (AvgIpc) is 2.86. The topological polar surface area (TPSA) is 73.0 Å². The lowest BCUT2D eigenvalue weighted by molar-refractivity contribution is -0.384. The number of nitrogens with zero attached hydrogens (tertiary/aromatic N) is 3. The van der Waals surface area contributed by atoms with Crippen molar-refractivity contribution in [2.75, 3.05) is 5.32 Å². The molecule has 6 nitrogen and oxygen atoms in total. The Kier molecular flexibility index (Phi) is 4.02. The predicted molar refractivity (Wildman–Crippen MR) is 77.8 cm³/mol. The third kappa shape index (κ3) is 3.14. The van der Waals surface area contributed by atoms with Gasteiger partial charge in [-0.1, -0.05) is 6.07 Å². The second-order valence-corrected chi connectivity index (χ2v) is 5.05. The third-order valence-corrected chi connectivity index (χ3v) is 3.02. The van der Waals surface area contributed by atoms with Crippen molar-refractivity contribution >= 4 is 11.4 Å². The first-order chi connectivity index (χ1) is 9.47. The highest BCUT2D eigenvalue weighted by molar-refractivity contribution is 5.62. The molecule has 0 fully saturated rings. The molecule has 20 heavy (non-hydrogen) atoms. The van der Waals surface area contributed by atoms with Crippen LogP contribution in [0, 0.1) is 17.0 Å². The molecule has 6 heteroatoms. The molecule has 0 aliphatic carbocycles. The van der Waals surface area contributed by atoms with Crippen molar-refractivity contribution in [1.82, 2.24) is 9.78 Å². The first kappa shape index (κ1) is 14.0. The van der Waals surface area contributed by atoms with E-state index >= 15 is 0 Å². The predicted octanol–water partition coefficient (Wildman–Crippen LogP) is 3.29. The van der Waals surface area contributed by atoms with E-state index in [-0.39, 0.29) is 10.6 Å². The summed E-state index contributed by atoms with van der Waals surface area (Å²) in [6.45, 7) is 6.45. The van der Waals surface area contributed by atoms with E-state index < -0.39 is 0 Å². The van der Waals surface area contributed by atoms with E-state index in [1.807, 2.05) is 23.9 Å². The zero-order valence-corrected chi connectivity index (χ0v) is 11.8. The maximum atomic E-state index is 11.0. The van der Waals surface area contributed by atoms with E-state index in [1.54, 1.807) is 18.3 Å². The number of aryl methyl sites for hydroxylation is 1. The van der Waals surface area contributed by atoms with Crippen LogP contribution in [0.1, 0.15) is 31.0 Å². The van der Waals surface area contributed by atoms with Crippen molar-refractivity contribution in [3.05, 3.63) is 51.8 Å². The van der Waals surface area contributed by atoms with Crippen molar-refractivity contribution in [3.8, 4) is 0 Å². The maximum absolute atomic E-state index is 11.0. The Morgan fingerprint density at radius 1 is 1.45 bits per heavy atom. The summed E-state index contributed by atoms with van der Waals surface area (Å²) in [7, 11) is 0. The van der Waals surface area contributed by atoms with Gasteiger partial charge in [-0.25, -0.2) is 0 Å². The Bertz CT molecular complexity index is 619. The van der Waals surface area contributed by atoms with Crippen LogP contribution in [0.25, 0.3) is 0 Å². The summed E-state index contributed by atoms with van der Waals surface area (Å²) < 4.78 is 1.86. The van der Waals surface area contributed by atoms with Gasteiger partial charge in [0.2, 0.25) is 0 Å². The number of hydrogen-bond acceptors (Lipinski definition) is 4. The molecule has 0 unspecified atom stereocenters. The monoisotopic (exact) mass is 274 g/mol. The molecule has 0 saturated heterocycles. The van der Waals surface area contributed by atoms with Gasteiger partial charge in [0.15, 0.2) is 0 Å². The molecule has 0 radical (unpaired) electrons. The van der Waals surface area contributed by atoms with Crippen molar-refractivity contribution in [2.24, 2.45) is 0 Å². The minimum atomic E-state index is -0.368. The molecule has 1 aromatic carbocycles. The Morgan fingerprint density at radius 2 is 2.20 bits per heavy atom. The summed E-state index contributed by atoms with van der Waals surface area (Å²) in [6, 6.07) is 5.46. The highest BCUT2D eigenvalue weighted by Gasteiger charge is 2.13. The lowest BCUT2D eigenvalue weighted by Gasteiger charge is -2.07. The van der Waals surface area contributed by atoms with Crippen LogP contribution in [0.4, 0.5) is 11.4 Å². The second kappa shape index (κ2) is 5.73. The average molecular weight is 274 g/mol. The second-order valence-electron chi connectivity index (χ2n) is 5.05. The van der Waals surface area contributed by atoms with Crippen molar-refractivity contribution < 1.29 is 4.92 Å². The number of nitro groups is 1. The van der Waals surface area contributed by atoms with Crippen LogP contribution < -0.4 is 5.32 Å². The smallest absolute Gasteiger partial charge is 0.292 e. The Hall–Kier alpha value is -2.37. The van der Waals surface area contributed by atoms with Crippen LogP contribution in [0.3, 0.4) is 0 Å². The summed E-state index contributed by atoms with van der Waals surface area (Å²) in [4.78, 5) is 10.7. The lowest BCUT2D eigenvalue weighted by atomic mass is 10.2. The van der Waals surface area contributed by atoms with Gasteiger partial charge in [0.05, 0.1) is 11.1 Å². The van der Waals surface area contributed by atoms with Gasteiger partial charge in [-0.05, 0) is 32.4 Å². The van der Waals surface area contributed by atoms with Crippen LogP contribution in [-0.4, -0.2) is 14.7 Å². The number of anilines is 1. The SMILES string of the molecule is Cc1ccc(NCc2cnn(C(C)C)c2)c([N+](=O)[O-])c1.